The van der Waals surface area contributed by atoms with Crippen molar-refractivity contribution in [3.8, 4) is 11.5 Å². The Hall–Kier alpha value is -3.48. The van der Waals surface area contributed by atoms with Crippen molar-refractivity contribution in [3.05, 3.63) is 59.3 Å². The van der Waals surface area contributed by atoms with Gasteiger partial charge in [-0.3, -0.25) is 4.79 Å². The maximum absolute atomic E-state index is 13.0. The lowest BCUT2D eigenvalue weighted by Crippen LogP contribution is -2.55. The molecule has 1 amide bonds. The van der Waals surface area contributed by atoms with Gasteiger partial charge in [0.15, 0.2) is 0 Å². The summed E-state index contributed by atoms with van der Waals surface area (Å²) in [5.74, 6) is -0.427. The molecule has 2 aromatic carbocycles. The molecule has 1 aliphatic heterocycles. The van der Waals surface area contributed by atoms with Gasteiger partial charge in [-0.2, -0.15) is 0 Å². The molecule has 7 nitrogen and oxygen atoms in total. The molecule has 0 bridgehead atoms. The van der Waals surface area contributed by atoms with Gasteiger partial charge in [-0.1, -0.05) is 25.1 Å². The number of H-pyrrole nitrogens is 1. The summed E-state index contributed by atoms with van der Waals surface area (Å²) in [6.45, 7) is 1.72. The third kappa shape index (κ3) is 3.07. The molecule has 0 unspecified atom stereocenters. The number of hydrogen-bond acceptors (Lipinski definition) is 5. The molecule has 2 atom stereocenters. The second-order valence-electron chi connectivity index (χ2n) is 7.27. The van der Waals surface area contributed by atoms with Gasteiger partial charge in [0.1, 0.15) is 17.5 Å². The van der Waals surface area contributed by atoms with Crippen molar-refractivity contribution in [3.63, 3.8) is 0 Å². The first-order valence-corrected chi connectivity index (χ1v) is 9.83. The lowest BCUT2D eigenvalue weighted by Gasteiger charge is -2.43. The van der Waals surface area contributed by atoms with E-state index < -0.39 is 18.1 Å². The smallest absolute Gasteiger partial charge is 0.223 e. The van der Waals surface area contributed by atoms with Gasteiger partial charge in [0.25, 0.3) is 0 Å². The van der Waals surface area contributed by atoms with Crippen LogP contribution in [0.1, 0.15) is 36.2 Å². The average molecular weight is 407 g/mol. The van der Waals surface area contributed by atoms with Crippen molar-refractivity contribution in [2.24, 2.45) is 0 Å². The largest absolute Gasteiger partial charge is 0.548 e. The number of aromatic nitrogens is 1. The zero-order valence-corrected chi connectivity index (χ0v) is 17.1. The molecule has 2 heterocycles. The van der Waals surface area contributed by atoms with Crippen molar-refractivity contribution in [2.45, 2.75) is 31.8 Å². The van der Waals surface area contributed by atoms with Crippen molar-refractivity contribution in [1.82, 2.24) is 9.88 Å². The Labute approximate surface area is 174 Å². The molecule has 4 rings (SSSR count). The molecule has 156 valence electrons. The average Bonchev–Trinajstić information content (AvgIpc) is 3.15. The number of methoxy groups -OCH3 is 2. The second kappa shape index (κ2) is 7.74. The highest BCUT2D eigenvalue weighted by atomic mass is 16.5. The van der Waals surface area contributed by atoms with Crippen LogP contribution in [0.25, 0.3) is 10.9 Å². The van der Waals surface area contributed by atoms with E-state index in [-0.39, 0.29) is 18.7 Å². The van der Waals surface area contributed by atoms with E-state index in [1.54, 1.807) is 39.3 Å². The Bertz CT molecular complexity index is 1120. The number of amides is 1. The minimum Gasteiger partial charge on any atom is -0.548 e. The zero-order chi connectivity index (χ0) is 21.4. The predicted octanol–water partition coefficient (Wildman–Crippen LogP) is 2.19. The van der Waals surface area contributed by atoms with Crippen molar-refractivity contribution in [1.29, 1.82) is 0 Å². The lowest BCUT2D eigenvalue weighted by molar-refractivity contribution is -0.312. The molecular formula is C23H23N2O5-. The molecule has 30 heavy (non-hydrogen) atoms. The normalized spacial score (nSPS) is 18.2. The lowest BCUT2D eigenvalue weighted by atomic mass is 9.87. The Morgan fingerprint density at radius 3 is 2.60 bits per heavy atom. The van der Waals surface area contributed by atoms with Gasteiger partial charge in [0.2, 0.25) is 5.91 Å². The first-order chi connectivity index (χ1) is 14.5. The highest BCUT2D eigenvalue weighted by Crippen LogP contribution is 2.44. The number of carboxylic acid groups (broad SMARTS) is 1. The van der Waals surface area contributed by atoms with Gasteiger partial charge in [0.05, 0.1) is 26.2 Å². The zero-order valence-electron chi connectivity index (χ0n) is 17.1. The third-order valence-corrected chi connectivity index (χ3v) is 5.73. The molecule has 0 saturated carbocycles. The summed E-state index contributed by atoms with van der Waals surface area (Å²) in [4.78, 5) is 30.0. The van der Waals surface area contributed by atoms with Crippen LogP contribution in [-0.4, -0.2) is 42.0 Å². The molecule has 1 aliphatic rings. The summed E-state index contributed by atoms with van der Waals surface area (Å²) in [6, 6.07) is 11.2. The summed E-state index contributed by atoms with van der Waals surface area (Å²) >= 11 is 0. The van der Waals surface area contributed by atoms with Crippen molar-refractivity contribution >= 4 is 22.8 Å². The molecule has 3 aromatic rings. The summed E-state index contributed by atoms with van der Waals surface area (Å²) in [5, 5.41) is 13.1. The Kier molecular flexibility index (Phi) is 5.11. The number of aliphatic carboxylic acids is 1. The fraction of sp³-hybridized carbons (Fsp3) is 0.304. The van der Waals surface area contributed by atoms with Crippen LogP contribution < -0.4 is 14.6 Å². The quantitative estimate of drug-likeness (QED) is 0.700. The fourth-order valence-electron chi connectivity index (χ4n) is 4.34. The van der Waals surface area contributed by atoms with E-state index >= 15 is 0 Å². The number of carbonyl (C=O) groups excluding carboxylic acids is 2. The Morgan fingerprint density at radius 2 is 1.93 bits per heavy atom. The number of nitrogens with one attached hydrogen (secondary N) is 1. The first kappa shape index (κ1) is 19.8. The molecule has 1 N–H and O–H groups in total. The monoisotopic (exact) mass is 407 g/mol. The minimum absolute atomic E-state index is 0.169. The van der Waals surface area contributed by atoms with Gasteiger partial charge in [-0.05, 0) is 29.8 Å². The van der Waals surface area contributed by atoms with Crippen LogP contribution in [0.2, 0.25) is 0 Å². The van der Waals surface area contributed by atoms with E-state index in [2.05, 4.69) is 4.98 Å². The maximum atomic E-state index is 13.0. The number of rotatable bonds is 5. The highest BCUT2D eigenvalue weighted by Gasteiger charge is 2.41. The highest BCUT2D eigenvalue weighted by molar-refractivity contribution is 5.90. The number of aromatic amines is 1. The SMILES string of the molecule is CCC(=O)N1[C@@H](c2cc(OC)ccc2OC)c2[nH]c3ccccc3c2C[C@H]1C(=O)[O-]. The molecule has 7 heteroatoms. The van der Waals surface area contributed by atoms with Gasteiger partial charge in [-0.15, -0.1) is 0 Å². The minimum atomic E-state index is -1.28. The predicted molar refractivity (Wildman–Crippen MR) is 109 cm³/mol. The molecule has 0 fully saturated rings. The number of benzene rings is 2. The van der Waals surface area contributed by atoms with Gasteiger partial charge >= 0.3 is 0 Å². The third-order valence-electron chi connectivity index (χ3n) is 5.73. The number of fused-ring (bicyclic) bond motifs is 3. The summed E-state index contributed by atoms with van der Waals surface area (Å²) in [7, 11) is 3.10. The van der Waals surface area contributed by atoms with E-state index in [1.807, 2.05) is 24.3 Å². The molecular weight excluding hydrogens is 384 g/mol. The molecule has 0 radical (unpaired) electrons. The van der Waals surface area contributed by atoms with Crippen LogP contribution in [0, 0.1) is 0 Å². The number of carboxylic acids is 1. The van der Waals surface area contributed by atoms with Crippen LogP contribution in [0.15, 0.2) is 42.5 Å². The standard InChI is InChI=1S/C23H24N2O5/c1-4-20(26)25-18(23(27)28)12-15-14-7-5-6-8-17(14)24-21(15)22(25)16-11-13(29-2)9-10-19(16)30-3/h5-11,18,22,24H,4,12H2,1-3H3,(H,27,28)/p-1/t18-,22-/m0/s1. The first-order valence-electron chi connectivity index (χ1n) is 9.83. The van der Waals surface area contributed by atoms with Crippen LogP contribution in [0.3, 0.4) is 0 Å². The molecule has 0 saturated heterocycles. The van der Waals surface area contributed by atoms with Crippen LogP contribution >= 0.6 is 0 Å². The molecule has 0 aliphatic carbocycles. The molecule has 1 aromatic heterocycles. The van der Waals surface area contributed by atoms with Crippen LogP contribution in [0.4, 0.5) is 0 Å². The molecule has 0 spiro atoms. The van der Waals surface area contributed by atoms with Gasteiger partial charge in [0, 0.05) is 35.0 Å². The number of hydrogen-bond donors (Lipinski definition) is 1. The van der Waals surface area contributed by atoms with E-state index in [4.69, 9.17) is 9.47 Å². The number of para-hydroxylation sites is 1. The van der Waals surface area contributed by atoms with Crippen molar-refractivity contribution in [2.75, 3.05) is 14.2 Å². The maximum Gasteiger partial charge on any atom is 0.223 e. The second-order valence-corrected chi connectivity index (χ2v) is 7.27. The number of carbonyl (C=O) groups is 2. The number of nitrogens with zero attached hydrogens (tertiary/aromatic N) is 1. The Morgan fingerprint density at radius 1 is 1.17 bits per heavy atom. The van der Waals surface area contributed by atoms with E-state index in [1.165, 1.54) is 4.90 Å². The van der Waals surface area contributed by atoms with Crippen LogP contribution in [-0.2, 0) is 16.0 Å². The number of ether oxygens (including phenoxy) is 2. The van der Waals surface area contributed by atoms with Gasteiger partial charge in [-0.25, -0.2) is 0 Å². The van der Waals surface area contributed by atoms with E-state index in [0.29, 0.717) is 17.1 Å². The summed E-state index contributed by atoms with van der Waals surface area (Å²) < 4.78 is 11.0. The van der Waals surface area contributed by atoms with Crippen LogP contribution in [0.5, 0.6) is 11.5 Å². The Balaban J connectivity index is 2.04. The van der Waals surface area contributed by atoms with Gasteiger partial charge < -0.3 is 29.3 Å². The van der Waals surface area contributed by atoms with Crippen molar-refractivity contribution < 1.29 is 24.2 Å². The summed E-state index contributed by atoms with van der Waals surface area (Å²) in [6.07, 6.45) is 0.346. The van der Waals surface area contributed by atoms with E-state index in [0.717, 1.165) is 22.2 Å². The van der Waals surface area contributed by atoms with E-state index in [9.17, 15) is 14.7 Å². The fourth-order valence-corrected chi connectivity index (χ4v) is 4.34. The summed E-state index contributed by atoms with van der Waals surface area (Å²) in [5.41, 5.74) is 3.19. The topological polar surface area (TPSA) is 94.7 Å².